The summed E-state index contributed by atoms with van der Waals surface area (Å²) in [7, 11) is 0. The minimum absolute atomic E-state index is 0.162. The molecule has 1 aliphatic heterocycles. The van der Waals surface area contributed by atoms with Gasteiger partial charge in [0.25, 0.3) is 5.91 Å². The van der Waals surface area contributed by atoms with Crippen LogP contribution in [0.4, 0.5) is 0 Å². The van der Waals surface area contributed by atoms with E-state index in [9.17, 15) is 15.0 Å². The monoisotopic (exact) mass is 228 g/mol. The highest BCUT2D eigenvalue weighted by molar-refractivity contribution is 5.88. The number of carbonyl (C=O) groups is 1. The molecule has 1 fully saturated rings. The Balaban J connectivity index is 2.21. The van der Waals surface area contributed by atoms with Crippen LogP contribution >= 0.6 is 0 Å². The van der Waals surface area contributed by atoms with Crippen molar-refractivity contribution in [1.29, 1.82) is 0 Å². The molecule has 2 heterocycles. The zero-order valence-corrected chi connectivity index (χ0v) is 8.52. The second-order valence-corrected chi connectivity index (χ2v) is 3.63. The van der Waals surface area contributed by atoms with Crippen LogP contribution in [0.2, 0.25) is 0 Å². The molecular weight excluding hydrogens is 216 g/mol. The molecule has 0 spiro atoms. The van der Waals surface area contributed by atoms with Gasteiger partial charge in [-0.15, -0.1) is 5.10 Å². The first-order valence-corrected chi connectivity index (χ1v) is 4.73. The number of aliphatic hydroxyl groups excluding tert-OH is 2. The van der Waals surface area contributed by atoms with Gasteiger partial charge in [0.05, 0.1) is 6.10 Å². The summed E-state index contributed by atoms with van der Waals surface area (Å²) in [6.45, 7) is 1.62. The van der Waals surface area contributed by atoms with E-state index in [1.807, 2.05) is 0 Å². The maximum Gasteiger partial charge on any atom is 0.288 e. The van der Waals surface area contributed by atoms with Gasteiger partial charge in [-0.05, 0) is 6.92 Å². The van der Waals surface area contributed by atoms with E-state index < -0.39 is 30.4 Å². The number of aliphatic hydroxyl groups is 2. The molecule has 0 bridgehead atoms. The summed E-state index contributed by atoms with van der Waals surface area (Å²) in [5.41, 5.74) is 4.99. The Labute approximate surface area is 90.6 Å². The molecule has 1 aromatic heterocycles. The van der Waals surface area contributed by atoms with E-state index in [0.717, 1.165) is 4.68 Å². The largest absolute Gasteiger partial charge is 0.388 e. The number of rotatable bonds is 2. The van der Waals surface area contributed by atoms with Gasteiger partial charge in [0.2, 0.25) is 5.82 Å². The zero-order chi connectivity index (χ0) is 11.9. The van der Waals surface area contributed by atoms with Crippen LogP contribution in [0.1, 0.15) is 23.8 Å². The molecule has 1 aromatic rings. The zero-order valence-electron chi connectivity index (χ0n) is 8.52. The molecule has 88 valence electrons. The Kier molecular flexibility index (Phi) is 2.62. The predicted octanol–water partition coefficient (Wildman–Crippen LogP) is -1.98. The average molecular weight is 228 g/mol. The molecule has 4 atom stereocenters. The lowest BCUT2D eigenvalue weighted by Gasteiger charge is -2.13. The van der Waals surface area contributed by atoms with Crippen LogP contribution < -0.4 is 5.73 Å². The molecule has 0 saturated carbocycles. The molecule has 1 aliphatic rings. The maximum absolute atomic E-state index is 10.8. The summed E-state index contributed by atoms with van der Waals surface area (Å²) >= 11 is 0. The summed E-state index contributed by atoms with van der Waals surface area (Å²) in [5, 5.41) is 22.9. The number of carbonyl (C=O) groups excluding carboxylic acids is 1. The number of hydrogen-bond acceptors (Lipinski definition) is 6. The summed E-state index contributed by atoms with van der Waals surface area (Å²) in [6.07, 6.45) is -2.26. The number of ether oxygens (including phenoxy) is 1. The molecule has 0 aromatic carbocycles. The number of aromatic nitrogens is 3. The van der Waals surface area contributed by atoms with E-state index in [2.05, 4.69) is 10.1 Å². The van der Waals surface area contributed by atoms with Crippen molar-refractivity contribution in [3.05, 3.63) is 12.2 Å². The SMILES string of the molecule is C[C@@H]1O[C@H](n2cnc(C(N)=O)n2)[C@@H](O)[C@H]1O. The third-order valence-electron chi connectivity index (χ3n) is 2.47. The number of primary amides is 1. The second kappa shape index (κ2) is 3.81. The highest BCUT2D eigenvalue weighted by Crippen LogP contribution is 2.28. The Morgan fingerprint density at radius 2 is 2.25 bits per heavy atom. The van der Waals surface area contributed by atoms with Crippen LogP contribution in [0, 0.1) is 0 Å². The molecule has 1 amide bonds. The minimum Gasteiger partial charge on any atom is -0.388 e. The minimum atomic E-state index is -1.11. The molecule has 0 radical (unpaired) electrons. The van der Waals surface area contributed by atoms with Crippen LogP contribution in [0.5, 0.6) is 0 Å². The van der Waals surface area contributed by atoms with Crippen molar-refractivity contribution in [2.45, 2.75) is 31.5 Å². The molecule has 4 N–H and O–H groups in total. The molecule has 16 heavy (non-hydrogen) atoms. The van der Waals surface area contributed by atoms with Gasteiger partial charge < -0.3 is 20.7 Å². The average Bonchev–Trinajstić information content (AvgIpc) is 2.79. The van der Waals surface area contributed by atoms with Gasteiger partial charge in [-0.2, -0.15) is 0 Å². The van der Waals surface area contributed by atoms with Crippen molar-refractivity contribution in [2.24, 2.45) is 5.73 Å². The molecule has 8 nitrogen and oxygen atoms in total. The van der Waals surface area contributed by atoms with Crippen molar-refractivity contribution < 1.29 is 19.7 Å². The Morgan fingerprint density at radius 1 is 1.56 bits per heavy atom. The summed E-state index contributed by atoms with van der Waals surface area (Å²) in [4.78, 5) is 14.4. The van der Waals surface area contributed by atoms with Gasteiger partial charge in [-0.25, -0.2) is 9.67 Å². The van der Waals surface area contributed by atoms with Gasteiger partial charge in [-0.1, -0.05) is 0 Å². The number of nitrogens with zero attached hydrogens (tertiary/aromatic N) is 3. The Bertz CT molecular complexity index is 406. The fraction of sp³-hybridized carbons (Fsp3) is 0.625. The first-order valence-electron chi connectivity index (χ1n) is 4.73. The predicted molar refractivity (Wildman–Crippen MR) is 50.1 cm³/mol. The van der Waals surface area contributed by atoms with Gasteiger partial charge in [0.15, 0.2) is 6.23 Å². The van der Waals surface area contributed by atoms with Crippen molar-refractivity contribution in [1.82, 2.24) is 14.8 Å². The maximum atomic E-state index is 10.8. The lowest BCUT2D eigenvalue weighted by atomic mass is 10.1. The normalized spacial score (nSPS) is 34.2. The third kappa shape index (κ3) is 1.66. The van der Waals surface area contributed by atoms with Crippen LogP contribution in [-0.2, 0) is 4.74 Å². The summed E-state index contributed by atoms with van der Waals surface area (Å²) in [5.74, 6) is -0.926. The fourth-order valence-corrected chi connectivity index (χ4v) is 1.56. The Morgan fingerprint density at radius 3 is 2.69 bits per heavy atom. The quantitative estimate of drug-likeness (QED) is 0.538. The Hall–Kier alpha value is -1.51. The van der Waals surface area contributed by atoms with E-state index in [0.29, 0.717) is 0 Å². The number of hydrogen-bond donors (Lipinski definition) is 3. The third-order valence-corrected chi connectivity index (χ3v) is 2.47. The van der Waals surface area contributed by atoms with Crippen molar-refractivity contribution in [2.75, 3.05) is 0 Å². The first-order chi connectivity index (χ1) is 7.50. The van der Waals surface area contributed by atoms with Crippen LogP contribution in [0.15, 0.2) is 6.33 Å². The van der Waals surface area contributed by atoms with Crippen LogP contribution in [-0.4, -0.2) is 49.2 Å². The van der Waals surface area contributed by atoms with Crippen molar-refractivity contribution in [3.8, 4) is 0 Å². The van der Waals surface area contributed by atoms with Crippen LogP contribution in [0.3, 0.4) is 0 Å². The molecule has 0 unspecified atom stereocenters. The van der Waals surface area contributed by atoms with Gasteiger partial charge >= 0.3 is 0 Å². The van der Waals surface area contributed by atoms with E-state index in [4.69, 9.17) is 10.5 Å². The summed E-state index contributed by atoms with van der Waals surface area (Å²) in [6, 6.07) is 0. The number of nitrogens with two attached hydrogens (primary N) is 1. The highest BCUT2D eigenvalue weighted by Gasteiger charge is 2.41. The summed E-state index contributed by atoms with van der Waals surface area (Å²) < 4.78 is 6.44. The van der Waals surface area contributed by atoms with E-state index >= 15 is 0 Å². The van der Waals surface area contributed by atoms with E-state index in [1.165, 1.54) is 6.33 Å². The molecule has 0 aliphatic carbocycles. The lowest BCUT2D eigenvalue weighted by Crippen LogP contribution is -2.30. The number of amides is 1. The molecule has 1 saturated heterocycles. The standard InChI is InChI=1S/C8H12N4O4/c1-3-4(13)5(14)8(16-3)12-2-10-7(11-12)6(9)15/h2-5,8,13-14H,1H3,(H2,9,15)/t3-,4-,5-,8-/m0/s1. The van der Waals surface area contributed by atoms with Gasteiger partial charge in [0.1, 0.15) is 18.5 Å². The van der Waals surface area contributed by atoms with Crippen LogP contribution in [0.25, 0.3) is 0 Å². The lowest BCUT2D eigenvalue weighted by molar-refractivity contribution is -0.0400. The molecule has 2 rings (SSSR count). The first kappa shape index (κ1) is 11.0. The molecule has 8 heteroatoms. The van der Waals surface area contributed by atoms with Gasteiger partial charge in [-0.3, -0.25) is 4.79 Å². The van der Waals surface area contributed by atoms with Gasteiger partial charge in [0, 0.05) is 0 Å². The topological polar surface area (TPSA) is 123 Å². The smallest absolute Gasteiger partial charge is 0.288 e. The van der Waals surface area contributed by atoms with E-state index in [1.54, 1.807) is 6.92 Å². The fourth-order valence-electron chi connectivity index (χ4n) is 1.56. The van der Waals surface area contributed by atoms with E-state index in [-0.39, 0.29) is 5.82 Å². The van der Waals surface area contributed by atoms with Crippen molar-refractivity contribution >= 4 is 5.91 Å². The second-order valence-electron chi connectivity index (χ2n) is 3.63. The highest BCUT2D eigenvalue weighted by atomic mass is 16.6. The molecular formula is C8H12N4O4. The van der Waals surface area contributed by atoms with Crippen molar-refractivity contribution in [3.63, 3.8) is 0 Å².